The molecule has 36 heavy (non-hydrogen) atoms. The van der Waals surface area contributed by atoms with Crippen molar-refractivity contribution < 1.29 is 19.1 Å². The highest BCUT2D eigenvalue weighted by Crippen LogP contribution is 2.49. The molecule has 0 saturated heterocycles. The Morgan fingerprint density at radius 3 is 2.11 bits per heavy atom. The molecule has 0 spiro atoms. The zero-order valence-electron chi connectivity index (χ0n) is 21.2. The van der Waals surface area contributed by atoms with Gasteiger partial charge in [-0.25, -0.2) is 0 Å². The summed E-state index contributed by atoms with van der Waals surface area (Å²) < 4.78 is 10.8. The predicted molar refractivity (Wildman–Crippen MR) is 141 cm³/mol. The summed E-state index contributed by atoms with van der Waals surface area (Å²) in [6.07, 6.45) is 1.78. The number of hydrogen-bond donors (Lipinski definition) is 2. The van der Waals surface area contributed by atoms with Gasteiger partial charge < -0.3 is 20.2 Å². The van der Waals surface area contributed by atoms with Crippen molar-refractivity contribution >= 4 is 28.4 Å². The van der Waals surface area contributed by atoms with Crippen molar-refractivity contribution in [1.29, 1.82) is 0 Å². The monoisotopic (exact) mass is 485 g/mol. The fraction of sp³-hybridized carbons (Fsp3) is 0.241. The highest BCUT2D eigenvalue weighted by atomic mass is 16.5. The predicted octanol–water partition coefficient (Wildman–Crippen LogP) is 5.26. The van der Waals surface area contributed by atoms with Gasteiger partial charge in [0.15, 0.2) is 17.0 Å². The third kappa shape index (κ3) is 3.86. The van der Waals surface area contributed by atoms with E-state index in [0.717, 1.165) is 10.9 Å². The second kappa shape index (κ2) is 9.41. The lowest BCUT2D eigenvalue weighted by Gasteiger charge is -2.49. The van der Waals surface area contributed by atoms with Gasteiger partial charge in [-0.15, -0.1) is 0 Å². The minimum atomic E-state index is -1.56. The van der Waals surface area contributed by atoms with Crippen molar-refractivity contribution in [3.8, 4) is 11.5 Å². The summed E-state index contributed by atoms with van der Waals surface area (Å²) >= 11 is 0. The van der Waals surface area contributed by atoms with Gasteiger partial charge in [0.25, 0.3) is 5.91 Å². The number of carbonyl (C=O) groups excluding carboxylic acids is 2. The van der Waals surface area contributed by atoms with E-state index in [9.17, 15) is 9.59 Å². The van der Waals surface area contributed by atoms with E-state index in [1.165, 1.54) is 19.1 Å². The van der Waals surface area contributed by atoms with E-state index in [4.69, 9.17) is 15.2 Å². The molecule has 1 heterocycles. The van der Waals surface area contributed by atoms with Gasteiger partial charge >= 0.3 is 0 Å². The van der Waals surface area contributed by atoms with Crippen molar-refractivity contribution in [2.24, 2.45) is 11.1 Å². The van der Waals surface area contributed by atoms with E-state index in [2.05, 4.69) is 4.98 Å². The van der Waals surface area contributed by atoms with Crippen LogP contribution in [-0.2, 0) is 10.3 Å². The molecule has 1 atom stereocenters. The first-order valence-corrected chi connectivity index (χ1v) is 11.6. The summed E-state index contributed by atoms with van der Waals surface area (Å²) in [5.41, 5.74) is 6.26. The quantitative estimate of drug-likeness (QED) is 0.373. The van der Waals surface area contributed by atoms with Crippen LogP contribution in [0, 0.1) is 5.41 Å². The average molecular weight is 486 g/mol. The molecular weight excluding hydrogens is 454 g/mol. The van der Waals surface area contributed by atoms with E-state index < -0.39 is 22.8 Å². The zero-order chi connectivity index (χ0) is 26.1. The molecule has 7 heteroatoms. The maximum absolute atomic E-state index is 14.5. The molecule has 1 aromatic heterocycles. The van der Waals surface area contributed by atoms with Crippen LogP contribution in [0.4, 0.5) is 5.69 Å². The van der Waals surface area contributed by atoms with E-state index in [1.54, 1.807) is 36.5 Å². The summed E-state index contributed by atoms with van der Waals surface area (Å²) in [7, 11) is 3.04. The Balaban J connectivity index is 2.08. The van der Waals surface area contributed by atoms with Crippen LogP contribution in [0.3, 0.4) is 0 Å². The fourth-order valence-electron chi connectivity index (χ4n) is 4.98. The summed E-state index contributed by atoms with van der Waals surface area (Å²) in [6.45, 7) is 5.74. The number of rotatable bonds is 7. The smallest absolute Gasteiger partial charge is 0.259 e. The van der Waals surface area contributed by atoms with E-state index >= 15 is 0 Å². The lowest BCUT2D eigenvalue weighted by molar-refractivity contribution is -0.127. The summed E-state index contributed by atoms with van der Waals surface area (Å²) in [5, 5.41) is 0.812. The molecule has 0 aliphatic carbocycles. The molecule has 0 fully saturated rings. The molecule has 4 rings (SSSR count). The van der Waals surface area contributed by atoms with E-state index in [0.29, 0.717) is 28.3 Å². The van der Waals surface area contributed by atoms with Crippen LogP contribution in [0.15, 0.2) is 79.0 Å². The number of hydrogen-bond acceptors (Lipinski definition) is 4. The zero-order valence-corrected chi connectivity index (χ0v) is 21.2. The number of aromatic nitrogens is 1. The minimum absolute atomic E-state index is 0.325. The minimum Gasteiger partial charge on any atom is -0.493 e. The Morgan fingerprint density at radius 1 is 0.861 bits per heavy atom. The third-order valence-corrected chi connectivity index (χ3v) is 6.60. The number of primary amides is 1. The average Bonchev–Trinajstić information content (AvgIpc) is 3.30. The second-order valence-corrected chi connectivity index (χ2v) is 9.62. The highest BCUT2D eigenvalue weighted by molar-refractivity contribution is 6.13. The normalized spacial score (nSPS) is 13.1. The number of nitrogens with two attached hydrogens (primary N) is 1. The van der Waals surface area contributed by atoms with Crippen LogP contribution in [0.25, 0.3) is 10.9 Å². The number of amides is 2. The lowest BCUT2D eigenvalue weighted by Crippen LogP contribution is -2.64. The van der Waals surface area contributed by atoms with Crippen LogP contribution >= 0.6 is 0 Å². The van der Waals surface area contributed by atoms with Gasteiger partial charge in [0.2, 0.25) is 5.91 Å². The molecule has 2 amide bonds. The van der Waals surface area contributed by atoms with Crippen molar-refractivity contribution in [1.82, 2.24) is 4.98 Å². The number of benzene rings is 3. The SMILES string of the molecule is COc1ccc(C(=O)N(c2ccccc2)C(C(N)=O)(c2c[nH]c3ccccc23)C(C)(C)C)cc1OC. The Hall–Kier alpha value is -4.26. The van der Waals surface area contributed by atoms with Crippen molar-refractivity contribution in [3.63, 3.8) is 0 Å². The number of fused-ring (bicyclic) bond motifs is 1. The molecule has 0 bridgehead atoms. The van der Waals surface area contributed by atoms with Crippen molar-refractivity contribution in [3.05, 3.63) is 90.1 Å². The van der Waals surface area contributed by atoms with Crippen molar-refractivity contribution in [2.45, 2.75) is 26.3 Å². The molecule has 1 unspecified atom stereocenters. The Bertz CT molecular complexity index is 1410. The number of anilines is 1. The number of ether oxygens (including phenoxy) is 2. The van der Waals surface area contributed by atoms with Gasteiger partial charge in [0, 0.05) is 33.9 Å². The van der Waals surface area contributed by atoms with Crippen LogP contribution in [0.1, 0.15) is 36.7 Å². The summed E-state index contributed by atoms with van der Waals surface area (Å²) in [5.74, 6) is -0.142. The largest absolute Gasteiger partial charge is 0.493 e. The molecule has 3 N–H and O–H groups in total. The first-order valence-electron chi connectivity index (χ1n) is 11.6. The molecule has 3 aromatic carbocycles. The molecule has 0 aliphatic rings. The van der Waals surface area contributed by atoms with Crippen LogP contribution in [-0.4, -0.2) is 31.0 Å². The molecule has 0 aliphatic heterocycles. The Labute approximate surface area is 210 Å². The fourth-order valence-corrected chi connectivity index (χ4v) is 4.98. The van der Waals surface area contributed by atoms with Crippen LogP contribution < -0.4 is 20.1 Å². The topological polar surface area (TPSA) is 97.6 Å². The Kier molecular flexibility index (Phi) is 6.50. The van der Waals surface area contributed by atoms with Crippen LogP contribution in [0.2, 0.25) is 0 Å². The number of carbonyl (C=O) groups is 2. The second-order valence-electron chi connectivity index (χ2n) is 9.62. The van der Waals surface area contributed by atoms with Gasteiger partial charge in [-0.1, -0.05) is 57.2 Å². The van der Waals surface area contributed by atoms with Crippen molar-refractivity contribution in [2.75, 3.05) is 19.1 Å². The number of H-pyrrole nitrogens is 1. The first kappa shape index (κ1) is 24.9. The van der Waals surface area contributed by atoms with Gasteiger partial charge in [0.1, 0.15) is 0 Å². The number of nitrogens with zero attached hydrogens (tertiary/aromatic N) is 1. The Morgan fingerprint density at radius 2 is 1.50 bits per heavy atom. The molecule has 4 aromatic rings. The lowest BCUT2D eigenvalue weighted by atomic mass is 9.67. The summed E-state index contributed by atoms with van der Waals surface area (Å²) in [6, 6.07) is 21.7. The standard InChI is InChI=1S/C29H31N3O4/c1-28(2,3)29(27(30)34,22-18-31-23-14-10-9-13-21(22)23)32(20-11-7-6-8-12-20)26(33)19-15-16-24(35-4)25(17-19)36-5/h6-18,31H,1-5H3,(H2,30,34). The van der Waals surface area contributed by atoms with Gasteiger partial charge in [-0.2, -0.15) is 0 Å². The van der Waals surface area contributed by atoms with Crippen LogP contribution in [0.5, 0.6) is 11.5 Å². The molecule has 0 radical (unpaired) electrons. The molecule has 186 valence electrons. The maximum atomic E-state index is 14.5. The first-order chi connectivity index (χ1) is 17.2. The number of aromatic amines is 1. The van der Waals surface area contributed by atoms with Gasteiger partial charge in [-0.3, -0.25) is 14.5 Å². The molecule has 7 nitrogen and oxygen atoms in total. The van der Waals surface area contributed by atoms with E-state index in [-0.39, 0.29) is 0 Å². The molecule has 0 saturated carbocycles. The van der Waals surface area contributed by atoms with E-state index in [1.807, 2.05) is 63.2 Å². The van der Waals surface area contributed by atoms with Gasteiger partial charge in [0.05, 0.1) is 14.2 Å². The maximum Gasteiger partial charge on any atom is 0.259 e. The number of para-hydroxylation sites is 2. The number of nitrogens with one attached hydrogen (secondary N) is 1. The highest BCUT2D eigenvalue weighted by Gasteiger charge is 2.57. The molecular formula is C29H31N3O4. The van der Waals surface area contributed by atoms with Gasteiger partial charge in [-0.05, 0) is 41.8 Å². The summed E-state index contributed by atoms with van der Waals surface area (Å²) in [4.78, 5) is 33.0. The number of methoxy groups -OCH3 is 2. The third-order valence-electron chi connectivity index (χ3n) is 6.60.